The van der Waals surface area contributed by atoms with Crippen molar-refractivity contribution in [2.75, 3.05) is 17.3 Å². The van der Waals surface area contributed by atoms with E-state index in [0.29, 0.717) is 17.0 Å². The zero-order valence-corrected chi connectivity index (χ0v) is 10.9. The number of hydrogen-bond donors (Lipinski definition) is 2. The highest BCUT2D eigenvalue weighted by Gasteiger charge is 2.24. The van der Waals surface area contributed by atoms with E-state index < -0.39 is 0 Å². The molecule has 2 rings (SSSR count). The van der Waals surface area contributed by atoms with E-state index >= 15 is 0 Å². The van der Waals surface area contributed by atoms with Crippen LogP contribution in [0.2, 0.25) is 0 Å². The molecule has 2 atom stereocenters. The lowest BCUT2D eigenvalue weighted by atomic mass is 9.94. The molecule has 0 heterocycles. The molecule has 94 valence electrons. The van der Waals surface area contributed by atoms with Gasteiger partial charge in [-0.2, -0.15) is 11.8 Å². The summed E-state index contributed by atoms with van der Waals surface area (Å²) < 4.78 is 13.2. The first kappa shape index (κ1) is 12.6. The largest absolute Gasteiger partial charge is 0.399 e. The average Bonchev–Trinajstić information content (AvgIpc) is 2.28. The number of nitrogen functional groups attached to an aromatic ring is 1. The Morgan fingerprint density at radius 1 is 1.29 bits per heavy atom. The highest BCUT2D eigenvalue weighted by Crippen LogP contribution is 2.30. The monoisotopic (exact) mass is 254 g/mol. The van der Waals surface area contributed by atoms with Gasteiger partial charge in [0.15, 0.2) is 0 Å². The highest BCUT2D eigenvalue weighted by atomic mass is 32.2. The number of hydrogen-bond acceptors (Lipinski definition) is 3. The fourth-order valence-electron chi connectivity index (χ4n) is 2.45. The molecule has 0 aliphatic heterocycles. The summed E-state index contributed by atoms with van der Waals surface area (Å²) >= 11 is 1.89. The second-order valence-electron chi connectivity index (χ2n) is 4.58. The van der Waals surface area contributed by atoms with Crippen LogP contribution in [-0.2, 0) is 0 Å². The minimum absolute atomic E-state index is 0.274. The molecule has 0 spiro atoms. The van der Waals surface area contributed by atoms with Gasteiger partial charge in [0.1, 0.15) is 5.82 Å². The molecular formula is C13H19FN2S. The molecule has 0 saturated heterocycles. The summed E-state index contributed by atoms with van der Waals surface area (Å²) in [7, 11) is 0. The van der Waals surface area contributed by atoms with Crippen LogP contribution >= 0.6 is 11.8 Å². The fraction of sp³-hybridized carbons (Fsp3) is 0.538. The number of nitrogens with two attached hydrogens (primary N) is 1. The molecule has 0 amide bonds. The van der Waals surface area contributed by atoms with E-state index in [1.165, 1.54) is 31.4 Å². The third-order valence-electron chi connectivity index (χ3n) is 3.28. The van der Waals surface area contributed by atoms with Crippen molar-refractivity contribution in [3.8, 4) is 0 Å². The SMILES string of the molecule is CSC1CCCCC1Nc1cc(N)cc(F)c1. The minimum atomic E-state index is -0.274. The van der Waals surface area contributed by atoms with E-state index in [9.17, 15) is 4.39 Å². The summed E-state index contributed by atoms with van der Waals surface area (Å²) in [4.78, 5) is 0. The fourth-order valence-corrected chi connectivity index (χ4v) is 3.39. The van der Waals surface area contributed by atoms with Gasteiger partial charge in [-0.05, 0) is 37.3 Å². The van der Waals surface area contributed by atoms with Crippen LogP contribution in [0.5, 0.6) is 0 Å². The molecule has 17 heavy (non-hydrogen) atoms. The molecule has 1 aliphatic carbocycles. The van der Waals surface area contributed by atoms with Crippen LogP contribution in [0.3, 0.4) is 0 Å². The second kappa shape index (κ2) is 5.63. The molecule has 2 nitrogen and oxygen atoms in total. The maximum atomic E-state index is 13.2. The number of anilines is 2. The number of thioether (sulfide) groups is 1. The topological polar surface area (TPSA) is 38.0 Å². The average molecular weight is 254 g/mol. The summed E-state index contributed by atoms with van der Waals surface area (Å²) in [5.41, 5.74) is 6.92. The standard InChI is InChI=1S/C13H19FN2S/c1-17-13-5-3-2-4-12(13)16-11-7-9(14)6-10(15)8-11/h6-8,12-13,16H,2-5,15H2,1H3. The molecule has 1 aliphatic rings. The maximum absolute atomic E-state index is 13.2. The van der Waals surface area contributed by atoms with Crippen molar-refractivity contribution in [3.05, 3.63) is 24.0 Å². The van der Waals surface area contributed by atoms with Gasteiger partial charge in [0.25, 0.3) is 0 Å². The molecule has 4 heteroatoms. The Labute approximate surface area is 106 Å². The number of benzene rings is 1. The lowest BCUT2D eigenvalue weighted by Gasteiger charge is -2.31. The predicted octanol–water partition coefficient (Wildman–Crippen LogP) is 3.49. The van der Waals surface area contributed by atoms with E-state index in [-0.39, 0.29) is 5.82 Å². The molecule has 0 aromatic heterocycles. The number of nitrogens with one attached hydrogen (secondary N) is 1. The second-order valence-corrected chi connectivity index (χ2v) is 5.66. The van der Waals surface area contributed by atoms with Crippen LogP contribution < -0.4 is 11.1 Å². The smallest absolute Gasteiger partial charge is 0.127 e. The van der Waals surface area contributed by atoms with Gasteiger partial charge in [-0.1, -0.05) is 12.8 Å². The van der Waals surface area contributed by atoms with Crippen molar-refractivity contribution < 1.29 is 4.39 Å². The Bertz CT molecular complexity index is 363. The molecule has 3 N–H and O–H groups in total. The maximum Gasteiger partial charge on any atom is 0.127 e. The summed E-state index contributed by atoms with van der Waals surface area (Å²) in [5.74, 6) is -0.274. The minimum Gasteiger partial charge on any atom is -0.399 e. The van der Waals surface area contributed by atoms with Gasteiger partial charge < -0.3 is 11.1 Å². The lowest BCUT2D eigenvalue weighted by molar-refractivity contribution is 0.475. The quantitative estimate of drug-likeness (QED) is 0.811. The number of rotatable bonds is 3. The van der Waals surface area contributed by atoms with Crippen LogP contribution in [0.15, 0.2) is 18.2 Å². The Balaban J connectivity index is 2.08. The van der Waals surface area contributed by atoms with Gasteiger partial charge in [-0.25, -0.2) is 4.39 Å². The van der Waals surface area contributed by atoms with Crippen molar-refractivity contribution >= 4 is 23.1 Å². The van der Waals surface area contributed by atoms with E-state index in [1.54, 1.807) is 6.07 Å². The Morgan fingerprint density at radius 2 is 2.06 bits per heavy atom. The van der Waals surface area contributed by atoms with Crippen molar-refractivity contribution in [2.24, 2.45) is 0 Å². The van der Waals surface area contributed by atoms with E-state index in [2.05, 4.69) is 11.6 Å². The summed E-state index contributed by atoms with van der Waals surface area (Å²) in [6, 6.07) is 5.09. The third-order valence-corrected chi connectivity index (χ3v) is 4.45. The molecule has 1 fully saturated rings. The molecule has 1 aromatic rings. The van der Waals surface area contributed by atoms with E-state index in [4.69, 9.17) is 5.73 Å². The van der Waals surface area contributed by atoms with Gasteiger partial charge >= 0.3 is 0 Å². The van der Waals surface area contributed by atoms with Crippen molar-refractivity contribution in [2.45, 2.75) is 37.0 Å². The highest BCUT2D eigenvalue weighted by molar-refractivity contribution is 7.99. The number of halogens is 1. The van der Waals surface area contributed by atoms with Crippen LogP contribution in [0, 0.1) is 5.82 Å². The summed E-state index contributed by atoms with van der Waals surface area (Å²) in [5, 5.41) is 4.04. The van der Waals surface area contributed by atoms with Crippen molar-refractivity contribution in [1.29, 1.82) is 0 Å². The summed E-state index contributed by atoms with van der Waals surface area (Å²) in [6.07, 6.45) is 7.09. The van der Waals surface area contributed by atoms with Gasteiger partial charge in [-0.15, -0.1) is 0 Å². The lowest BCUT2D eigenvalue weighted by Crippen LogP contribution is -2.34. The Hall–Kier alpha value is -0.900. The normalized spacial score (nSPS) is 24.6. The molecule has 2 unspecified atom stereocenters. The first-order valence-electron chi connectivity index (χ1n) is 6.04. The Kier molecular flexibility index (Phi) is 4.15. The van der Waals surface area contributed by atoms with E-state index in [0.717, 1.165) is 12.1 Å². The van der Waals surface area contributed by atoms with Gasteiger partial charge in [0, 0.05) is 22.7 Å². The van der Waals surface area contributed by atoms with Gasteiger partial charge in [0.2, 0.25) is 0 Å². The Morgan fingerprint density at radius 3 is 2.76 bits per heavy atom. The van der Waals surface area contributed by atoms with Crippen LogP contribution in [0.25, 0.3) is 0 Å². The van der Waals surface area contributed by atoms with Gasteiger partial charge in [-0.3, -0.25) is 0 Å². The molecular weight excluding hydrogens is 235 g/mol. The van der Waals surface area contributed by atoms with E-state index in [1.807, 2.05) is 11.8 Å². The van der Waals surface area contributed by atoms with Gasteiger partial charge in [0.05, 0.1) is 0 Å². The van der Waals surface area contributed by atoms with Crippen LogP contribution in [-0.4, -0.2) is 17.5 Å². The molecule has 0 bridgehead atoms. The molecule has 1 aromatic carbocycles. The summed E-state index contributed by atoms with van der Waals surface area (Å²) in [6.45, 7) is 0. The zero-order chi connectivity index (χ0) is 12.3. The molecule has 1 saturated carbocycles. The van der Waals surface area contributed by atoms with Crippen molar-refractivity contribution in [1.82, 2.24) is 0 Å². The first-order chi connectivity index (χ1) is 8.19. The zero-order valence-electron chi connectivity index (χ0n) is 10.1. The van der Waals surface area contributed by atoms with Crippen molar-refractivity contribution in [3.63, 3.8) is 0 Å². The first-order valence-corrected chi connectivity index (χ1v) is 7.33. The third kappa shape index (κ3) is 3.28. The molecule has 0 radical (unpaired) electrons. The van der Waals surface area contributed by atoms with Crippen LogP contribution in [0.1, 0.15) is 25.7 Å². The predicted molar refractivity (Wildman–Crippen MR) is 74.0 cm³/mol. The van der Waals surface area contributed by atoms with Crippen LogP contribution in [0.4, 0.5) is 15.8 Å².